The summed E-state index contributed by atoms with van der Waals surface area (Å²) in [6, 6.07) is 11.6. The number of carbonyl (C=O) groups is 1. The molecule has 0 atom stereocenters. The van der Waals surface area contributed by atoms with Crippen LogP contribution in [0.1, 0.15) is 19.4 Å². The molecule has 4 N–H and O–H groups in total. The van der Waals surface area contributed by atoms with Crippen LogP contribution in [0.25, 0.3) is 0 Å². The predicted octanol–water partition coefficient (Wildman–Crippen LogP) is 3.54. The summed E-state index contributed by atoms with van der Waals surface area (Å²) in [4.78, 5) is 12.5. The van der Waals surface area contributed by atoms with Crippen molar-refractivity contribution in [2.75, 3.05) is 11.1 Å². The molecular formula is C16H17ClN2O2. The molecule has 0 spiro atoms. The summed E-state index contributed by atoms with van der Waals surface area (Å²) in [7, 11) is 0. The summed E-state index contributed by atoms with van der Waals surface area (Å²) in [6.45, 7) is 3.60. The van der Waals surface area contributed by atoms with E-state index in [1.54, 1.807) is 32.0 Å². The number of nitrogen functional groups attached to an aromatic ring is 1. The monoisotopic (exact) mass is 304 g/mol. The van der Waals surface area contributed by atoms with Gasteiger partial charge in [0.15, 0.2) is 0 Å². The Hall–Kier alpha value is -2.20. The number of amides is 1. The van der Waals surface area contributed by atoms with Gasteiger partial charge in [0.05, 0.1) is 11.1 Å². The number of carbonyl (C=O) groups excluding carboxylic acids is 1. The standard InChI is InChI=1S/C16H17ClN2O2/c1-16(2,10-3-6-12(18)7-4-10)15(21)19-13-9-11(17)5-8-14(13)20/h3-9,20H,18H2,1-2H3,(H,19,21). The molecule has 2 aromatic rings. The van der Waals surface area contributed by atoms with Gasteiger partial charge in [0.2, 0.25) is 5.91 Å². The molecule has 0 aliphatic heterocycles. The molecule has 2 aromatic carbocycles. The molecule has 4 nitrogen and oxygen atoms in total. The Labute approximate surface area is 128 Å². The molecule has 2 rings (SSSR count). The minimum atomic E-state index is -0.775. The number of rotatable bonds is 3. The van der Waals surface area contributed by atoms with Crippen molar-refractivity contribution in [2.45, 2.75) is 19.3 Å². The first-order valence-electron chi connectivity index (χ1n) is 6.46. The minimum absolute atomic E-state index is 0.0270. The van der Waals surface area contributed by atoms with E-state index in [0.29, 0.717) is 10.7 Å². The summed E-state index contributed by atoms with van der Waals surface area (Å²) in [5, 5.41) is 12.9. The van der Waals surface area contributed by atoms with E-state index in [9.17, 15) is 9.90 Å². The van der Waals surface area contributed by atoms with Crippen LogP contribution in [0.3, 0.4) is 0 Å². The first-order chi connectivity index (χ1) is 9.80. The maximum atomic E-state index is 12.5. The third-order valence-corrected chi connectivity index (χ3v) is 3.64. The summed E-state index contributed by atoms with van der Waals surface area (Å²) in [5.41, 5.74) is 6.64. The molecule has 1 amide bonds. The highest BCUT2D eigenvalue weighted by atomic mass is 35.5. The molecule has 0 fully saturated rings. The normalized spacial score (nSPS) is 11.2. The molecule has 0 heterocycles. The van der Waals surface area contributed by atoms with Gasteiger partial charge in [-0.2, -0.15) is 0 Å². The number of nitrogens with two attached hydrogens (primary N) is 1. The van der Waals surface area contributed by atoms with Crippen molar-refractivity contribution in [3.05, 3.63) is 53.1 Å². The molecule has 5 heteroatoms. The van der Waals surface area contributed by atoms with Crippen molar-refractivity contribution in [1.82, 2.24) is 0 Å². The molecule has 0 radical (unpaired) electrons. The molecule has 0 aliphatic carbocycles. The van der Waals surface area contributed by atoms with Crippen LogP contribution in [0.4, 0.5) is 11.4 Å². The van der Waals surface area contributed by atoms with Crippen molar-refractivity contribution in [3.8, 4) is 5.75 Å². The number of hydrogen-bond donors (Lipinski definition) is 3. The average molecular weight is 305 g/mol. The van der Waals surface area contributed by atoms with Crippen molar-refractivity contribution >= 4 is 28.9 Å². The Morgan fingerprint density at radius 3 is 2.43 bits per heavy atom. The number of phenols is 1. The Morgan fingerprint density at radius 1 is 1.19 bits per heavy atom. The highest BCUT2D eigenvalue weighted by Crippen LogP contribution is 2.30. The largest absolute Gasteiger partial charge is 0.506 e. The first kappa shape index (κ1) is 15.2. The van der Waals surface area contributed by atoms with Gasteiger partial charge in [0.1, 0.15) is 5.75 Å². The van der Waals surface area contributed by atoms with Crippen molar-refractivity contribution in [1.29, 1.82) is 0 Å². The second kappa shape index (κ2) is 5.66. The number of hydrogen-bond acceptors (Lipinski definition) is 3. The quantitative estimate of drug-likeness (QED) is 0.599. The Balaban J connectivity index is 2.26. The number of anilines is 2. The highest BCUT2D eigenvalue weighted by Gasteiger charge is 2.30. The zero-order chi connectivity index (χ0) is 15.6. The van der Waals surface area contributed by atoms with Gasteiger partial charge in [0, 0.05) is 10.7 Å². The summed E-state index contributed by atoms with van der Waals surface area (Å²) in [5.74, 6) is -0.273. The third kappa shape index (κ3) is 3.28. The highest BCUT2D eigenvalue weighted by molar-refractivity contribution is 6.31. The summed E-state index contributed by atoms with van der Waals surface area (Å²) < 4.78 is 0. The van der Waals surface area contributed by atoms with Crippen molar-refractivity contribution < 1.29 is 9.90 Å². The van der Waals surface area contributed by atoms with E-state index < -0.39 is 5.41 Å². The summed E-state index contributed by atoms with van der Waals surface area (Å²) in [6.07, 6.45) is 0. The van der Waals surface area contributed by atoms with Gasteiger partial charge < -0.3 is 16.2 Å². The van der Waals surface area contributed by atoms with E-state index in [4.69, 9.17) is 17.3 Å². The molecular weight excluding hydrogens is 288 g/mol. The fourth-order valence-electron chi connectivity index (χ4n) is 1.92. The number of aromatic hydroxyl groups is 1. The Bertz CT molecular complexity index is 666. The van der Waals surface area contributed by atoms with Gasteiger partial charge in [-0.1, -0.05) is 23.7 Å². The van der Waals surface area contributed by atoms with Gasteiger partial charge in [0.25, 0.3) is 0 Å². The minimum Gasteiger partial charge on any atom is -0.506 e. The van der Waals surface area contributed by atoms with Gasteiger partial charge in [-0.3, -0.25) is 4.79 Å². The molecule has 0 saturated heterocycles. The van der Waals surface area contributed by atoms with Crippen molar-refractivity contribution in [3.63, 3.8) is 0 Å². The fraction of sp³-hybridized carbons (Fsp3) is 0.188. The number of phenolic OH excluding ortho intramolecular Hbond substituents is 1. The SMILES string of the molecule is CC(C)(C(=O)Nc1cc(Cl)ccc1O)c1ccc(N)cc1. The predicted molar refractivity (Wildman–Crippen MR) is 85.6 cm³/mol. The van der Waals surface area contributed by atoms with Crippen LogP contribution in [-0.2, 0) is 10.2 Å². The molecule has 110 valence electrons. The number of halogens is 1. The lowest BCUT2D eigenvalue weighted by atomic mass is 9.83. The van der Waals surface area contributed by atoms with Gasteiger partial charge in [-0.15, -0.1) is 0 Å². The smallest absolute Gasteiger partial charge is 0.234 e. The van der Waals surface area contributed by atoms with Gasteiger partial charge in [-0.05, 0) is 49.7 Å². The maximum Gasteiger partial charge on any atom is 0.234 e. The molecule has 0 aliphatic rings. The second-order valence-electron chi connectivity index (χ2n) is 5.36. The van der Waals surface area contributed by atoms with E-state index in [1.807, 2.05) is 12.1 Å². The Kier molecular flexibility index (Phi) is 4.09. The lowest BCUT2D eigenvalue weighted by Gasteiger charge is -2.24. The zero-order valence-electron chi connectivity index (χ0n) is 11.9. The third-order valence-electron chi connectivity index (χ3n) is 3.41. The van der Waals surface area contributed by atoms with Crippen molar-refractivity contribution in [2.24, 2.45) is 0 Å². The molecule has 0 bridgehead atoms. The molecule has 0 aromatic heterocycles. The summed E-state index contributed by atoms with van der Waals surface area (Å²) >= 11 is 5.87. The van der Waals surface area contributed by atoms with E-state index in [0.717, 1.165) is 5.56 Å². The zero-order valence-corrected chi connectivity index (χ0v) is 12.6. The average Bonchev–Trinajstić information content (AvgIpc) is 2.43. The van der Waals surface area contributed by atoms with E-state index in [1.165, 1.54) is 12.1 Å². The van der Waals surface area contributed by atoms with E-state index in [2.05, 4.69) is 5.32 Å². The van der Waals surface area contributed by atoms with Crippen LogP contribution < -0.4 is 11.1 Å². The number of benzene rings is 2. The van der Waals surface area contributed by atoms with Crippen LogP contribution >= 0.6 is 11.6 Å². The van der Waals surface area contributed by atoms with Crippen LogP contribution in [0.15, 0.2) is 42.5 Å². The van der Waals surface area contributed by atoms with Gasteiger partial charge in [-0.25, -0.2) is 0 Å². The first-order valence-corrected chi connectivity index (χ1v) is 6.84. The van der Waals surface area contributed by atoms with Crippen LogP contribution in [0, 0.1) is 0 Å². The molecule has 21 heavy (non-hydrogen) atoms. The second-order valence-corrected chi connectivity index (χ2v) is 5.80. The van der Waals surface area contributed by atoms with Crippen LogP contribution in [0.2, 0.25) is 5.02 Å². The maximum absolute atomic E-state index is 12.5. The van der Waals surface area contributed by atoms with Gasteiger partial charge >= 0.3 is 0 Å². The lowest BCUT2D eigenvalue weighted by Crippen LogP contribution is -2.34. The van der Waals surface area contributed by atoms with E-state index in [-0.39, 0.29) is 17.3 Å². The van der Waals surface area contributed by atoms with Crippen LogP contribution in [-0.4, -0.2) is 11.0 Å². The molecule has 0 saturated carbocycles. The van der Waals surface area contributed by atoms with E-state index >= 15 is 0 Å². The fourth-order valence-corrected chi connectivity index (χ4v) is 2.09. The topological polar surface area (TPSA) is 75.3 Å². The number of nitrogens with one attached hydrogen (secondary N) is 1. The molecule has 0 unspecified atom stereocenters. The Morgan fingerprint density at radius 2 is 1.81 bits per heavy atom. The lowest BCUT2D eigenvalue weighted by molar-refractivity contribution is -0.120. The van der Waals surface area contributed by atoms with Crippen LogP contribution in [0.5, 0.6) is 5.75 Å².